The standard InChI is InChI=1S/C17H22N2O6S/c1-24-13-3-4-14(15(8-13)25-2)18-17(21)11-7-16(20)19(9-11)12-5-6-26(22,23)10-12/h3-4,8,11-12H,5-7,9-10H2,1-2H3,(H,18,21). The van der Waals surface area contributed by atoms with Gasteiger partial charge in [-0.3, -0.25) is 9.59 Å². The van der Waals surface area contributed by atoms with Gasteiger partial charge in [-0.15, -0.1) is 0 Å². The molecular formula is C17H22N2O6S. The van der Waals surface area contributed by atoms with Crippen LogP contribution in [0.4, 0.5) is 5.69 Å². The molecule has 0 bridgehead atoms. The number of hydrogen-bond acceptors (Lipinski definition) is 6. The first kappa shape index (κ1) is 18.5. The smallest absolute Gasteiger partial charge is 0.229 e. The lowest BCUT2D eigenvalue weighted by Crippen LogP contribution is -2.38. The van der Waals surface area contributed by atoms with E-state index < -0.39 is 15.8 Å². The monoisotopic (exact) mass is 382 g/mol. The van der Waals surface area contributed by atoms with Crippen LogP contribution in [0.1, 0.15) is 12.8 Å². The summed E-state index contributed by atoms with van der Waals surface area (Å²) < 4.78 is 33.7. The zero-order chi connectivity index (χ0) is 18.9. The molecule has 142 valence electrons. The number of carbonyl (C=O) groups excluding carboxylic acids is 2. The zero-order valence-corrected chi connectivity index (χ0v) is 15.5. The summed E-state index contributed by atoms with van der Waals surface area (Å²) in [5, 5.41) is 2.79. The molecule has 0 radical (unpaired) electrons. The number of carbonyl (C=O) groups is 2. The van der Waals surface area contributed by atoms with E-state index in [1.54, 1.807) is 23.1 Å². The molecule has 2 aliphatic heterocycles. The highest BCUT2D eigenvalue weighted by molar-refractivity contribution is 7.91. The van der Waals surface area contributed by atoms with Gasteiger partial charge in [0.05, 0.1) is 37.3 Å². The summed E-state index contributed by atoms with van der Waals surface area (Å²) in [6, 6.07) is 4.72. The molecule has 2 unspecified atom stereocenters. The summed E-state index contributed by atoms with van der Waals surface area (Å²) in [5.74, 6) is 0.169. The van der Waals surface area contributed by atoms with Crippen molar-refractivity contribution >= 4 is 27.3 Å². The Morgan fingerprint density at radius 3 is 2.65 bits per heavy atom. The van der Waals surface area contributed by atoms with Crippen LogP contribution >= 0.6 is 0 Å². The number of sulfone groups is 1. The summed E-state index contributed by atoms with van der Waals surface area (Å²) >= 11 is 0. The maximum absolute atomic E-state index is 12.6. The van der Waals surface area contributed by atoms with E-state index in [-0.39, 0.29) is 42.3 Å². The summed E-state index contributed by atoms with van der Waals surface area (Å²) in [6.45, 7) is 0.239. The maximum atomic E-state index is 12.6. The van der Waals surface area contributed by atoms with Crippen molar-refractivity contribution < 1.29 is 27.5 Å². The molecule has 0 saturated carbocycles. The van der Waals surface area contributed by atoms with Crippen molar-refractivity contribution in [3.05, 3.63) is 18.2 Å². The van der Waals surface area contributed by atoms with Crippen LogP contribution in [0.3, 0.4) is 0 Å². The van der Waals surface area contributed by atoms with Gasteiger partial charge in [0.2, 0.25) is 11.8 Å². The highest BCUT2D eigenvalue weighted by Crippen LogP contribution is 2.31. The first-order valence-electron chi connectivity index (χ1n) is 8.35. The zero-order valence-electron chi connectivity index (χ0n) is 14.7. The third kappa shape index (κ3) is 3.77. The first-order chi connectivity index (χ1) is 12.3. The van der Waals surface area contributed by atoms with Crippen molar-refractivity contribution in [1.29, 1.82) is 0 Å². The van der Waals surface area contributed by atoms with Crippen LogP contribution in [0, 0.1) is 5.92 Å². The number of hydrogen-bond donors (Lipinski definition) is 1. The number of methoxy groups -OCH3 is 2. The highest BCUT2D eigenvalue weighted by Gasteiger charge is 2.42. The third-order valence-electron chi connectivity index (χ3n) is 4.84. The summed E-state index contributed by atoms with van der Waals surface area (Å²) in [7, 11) is -0.0525. The fourth-order valence-electron chi connectivity index (χ4n) is 3.42. The molecule has 26 heavy (non-hydrogen) atoms. The molecule has 2 atom stereocenters. The van der Waals surface area contributed by atoms with Crippen molar-refractivity contribution in [3.63, 3.8) is 0 Å². The van der Waals surface area contributed by atoms with E-state index in [2.05, 4.69) is 5.32 Å². The van der Waals surface area contributed by atoms with E-state index in [4.69, 9.17) is 9.47 Å². The number of nitrogens with one attached hydrogen (secondary N) is 1. The lowest BCUT2D eigenvalue weighted by atomic mass is 10.1. The quantitative estimate of drug-likeness (QED) is 0.803. The van der Waals surface area contributed by atoms with Crippen molar-refractivity contribution in [2.75, 3.05) is 37.6 Å². The fourth-order valence-corrected chi connectivity index (χ4v) is 5.15. The summed E-state index contributed by atoms with van der Waals surface area (Å²) in [4.78, 5) is 26.4. The Kier molecular flexibility index (Phi) is 5.08. The largest absolute Gasteiger partial charge is 0.497 e. The summed E-state index contributed by atoms with van der Waals surface area (Å²) in [5.41, 5.74) is 0.493. The Bertz CT molecular complexity index is 823. The van der Waals surface area contributed by atoms with Crippen LogP contribution in [0.15, 0.2) is 18.2 Å². The SMILES string of the molecule is COc1ccc(NC(=O)C2CC(=O)N(C3CCS(=O)(=O)C3)C2)c(OC)c1. The van der Waals surface area contributed by atoms with E-state index >= 15 is 0 Å². The predicted molar refractivity (Wildman–Crippen MR) is 95.1 cm³/mol. The first-order valence-corrected chi connectivity index (χ1v) is 10.2. The Balaban J connectivity index is 1.67. The number of ether oxygens (including phenoxy) is 2. The van der Waals surface area contributed by atoms with Crippen LogP contribution in [-0.4, -0.2) is 63.4 Å². The maximum Gasteiger partial charge on any atom is 0.229 e. The van der Waals surface area contributed by atoms with Crippen LogP contribution in [0.25, 0.3) is 0 Å². The molecule has 0 aliphatic carbocycles. The molecule has 2 aliphatic rings. The Morgan fingerprint density at radius 2 is 2.04 bits per heavy atom. The normalized spacial score (nSPS) is 24.5. The number of nitrogens with zero attached hydrogens (tertiary/aromatic N) is 1. The number of anilines is 1. The van der Waals surface area contributed by atoms with Gasteiger partial charge in [0.15, 0.2) is 9.84 Å². The van der Waals surface area contributed by atoms with E-state index in [1.807, 2.05) is 0 Å². The average molecular weight is 382 g/mol. The molecule has 2 heterocycles. The minimum atomic E-state index is -3.08. The van der Waals surface area contributed by atoms with E-state index in [9.17, 15) is 18.0 Å². The van der Waals surface area contributed by atoms with Crippen molar-refractivity contribution in [3.8, 4) is 11.5 Å². The summed E-state index contributed by atoms with van der Waals surface area (Å²) in [6.07, 6.45) is 0.523. The number of likely N-dealkylation sites (tertiary alicyclic amines) is 1. The topological polar surface area (TPSA) is 102 Å². The number of amides is 2. The van der Waals surface area contributed by atoms with Crippen molar-refractivity contribution in [2.24, 2.45) is 5.92 Å². The van der Waals surface area contributed by atoms with Crippen LogP contribution in [0.5, 0.6) is 11.5 Å². The molecule has 0 aromatic heterocycles. The van der Waals surface area contributed by atoms with Crippen molar-refractivity contribution in [2.45, 2.75) is 18.9 Å². The molecule has 2 saturated heterocycles. The van der Waals surface area contributed by atoms with Crippen LogP contribution in [0.2, 0.25) is 0 Å². The van der Waals surface area contributed by atoms with E-state index in [0.717, 1.165) is 0 Å². The second-order valence-corrected chi connectivity index (χ2v) is 8.79. The van der Waals surface area contributed by atoms with Gasteiger partial charge in [0.25, 0.3) is 0 Å². The highest BCUT2D eigenvalue weighted by atomic mass is 32.2. The Morgan fingerprint density at radius 1 is 1.27 bits per heavy atom. The molecule has 3 rings (SSSR count). The fraction of sp³-hybridized carbons (Fsp3) is 0.529. The number of benzene rings is 1. The molecule has 0 spiro atoms. The van der Waals surface area contributed by atoms with E-state index in [1.165, 1.54) is 14.2 Å². The Hall–Kier alpha value is -2.29. The molecule has 8 nitrogen and oxygen atoms in total. The van der Waals surface area contributed by atoms with Crippen molar-refractivity contribution in [1.82, 2.24) is 4.90 Å². The molecule has 9 heteroatoms. The minimum Gasteiger partial charge on any atom is -0.497 e. The van der Waals surface area contributed by atoms with Gasteiger partial charge in [0.1, 0.15) is 11.5 Å². The Labute approximate surface area is 152 Å². The lowest BCUT2D eigenvalue weighted by Gasteiger charge is -2.23. The molecule has 2 fully saturated rings. The van der Waals surface area contributed by atoms with Gasteiger partial charge in [0, 0.05) is 25.1 Å². The molecule has 1 aromatic rings. The third-order valence-corrected chi connectivity index (χ3v) is 6.60. The van der Waals surface area contributed by atoms with E-state index in [0.29, 0.717) is 23.6 Å². The molecule has 1 aromatic carbocycles. The van der Waals surface area contributed by atoms with Crippen LogP contribution < -0.4 is 14.8 Å². The number of rotatable bonds is 5. The van der Waals surface area contributed by atoms with Gasteiger partial charge in [-0.05, 0) is 18.6 Å². The van der Waals surface area contributed by atoms with Gasteiger partial charge in [-0.1, -0.05) is 0 Å². The van der Waals surface area contributed by atoms with Gasteiger partial charge >= 0.3 is 0 Å². The van der Waals surface area contributed by atoms with Gasteiger partial charge < -0.3 is 19.7 Å². The van der Waals surface area contributed by atoms with Crippen LogP contribution in [-0.2, 0) is 19.4 Å². The van der Waals surface area contributed by atoms with Gasteiger partial charge in [-0.25, -0.2) is 8.42 Å². The molecule has 1 N–H and O–H groups in total. The predicted octanol–water partition coefficient (Wildman–Crippen LogP) is 0.678. The molecular weight excluding hydrogens is 360 g/mol. The lowest BCUT2D eigenvalue weighted by molar-refractivity contribution is -0.129. The second kappa shape index (κ2) is 7.14. The van der Waals surface area contributed by atoms with Gasteiger partial charge in [-0.2, -0.15) is 0 Å². The minimum absolute atomic E-state index is 0.0145. The second-order valence-electron chi connectivity index (χ2n) is 6.56. The molecule has 2 amide bonds. The average Bonchev–Trinajstić information content (AvgIpc) is 3.17.